The molecule has 0 heterocycles. The Morgan fingerprint density at radius 1 is 1.05 bits per heavy atom. The Balaban J connectivity index is 2.04. The van der Waals surface area contributed by atoms with E-state index in [1.165, 1.54) is 12.1 Å². The second kappa shape index (κ2) is 6.61. The van der Waals surface area contributed by atoms with Crippen molar-refractivity contribution in [3.8, 4) is 5.75 Å². The van der Waals surface area contributed by atoms with E-state index in [1.807, 2.05) is 0 Å². The van der Waals surface area contributed by atoms with Gasteiger partial charge in [0.05, 0.1) is 6.42 Å². The van der Waals surface area contributed by atoms with Crippen LogP contribution in [0.3, 0.4) is 0 Å². The van der Waals surface area contributed by atoms with E-state index in [-0.39, 0.29) is 18.1 Å². The van der Waals surface area contributed by atoms with Crippen LogP contribution < -0.4 is 5.32 Å². The number of aliphatic carboxylic acids is 1. The first kappa shape index (κ1) is 15.4. The smallest absolute Gasteiger partial charge is 0.329 e. The fraction of sp³-hybridized carbons (Fsp3) is 0.500. The molecule has 5 nitrogen and oxygen atoms in total. The van der Waals surface area contributed by atoms with Crippen LogP contribution in [0.2, 0.25) is 0 Å². The van der Waals surface area contributed by atoms with E-state index in [2.05, 4.69) is 5.32 Å². The summed E-state index contributed by atoms with van der Waals surface area (Å²) in [4.78, 5) is 23.8. The molecule has 1 aromatic carbocycles. The Morgan fingerprint density at radius 2 is 1.62 bits per heavy atom. The number of carboxylic acid groups (broad SMARTS) is 1. The van der Waals surface area contributed by atoms with Crippen LogP contribution in [0.5, 0.6) is 5.75 Å². The Labute approximate surface area is 124 Å². The van der Waals surface area contributed by atoms with Crippen LogP contribution >= 0.6 is 0 Å². The molecule has 5 heteroatoms. The second-order valence-electron chi connectivity index (χ2n) is 5.69. The molecule has 1 amide bonds. The zero-order valence-electron chi connectivity index (χ0n) is 12.0. The van der Waals surface area contributed by atoms with Gasteiger partial charge in [0.25, 0.3) is 0 Å². The molecule has 3 N–H and O–H groups in total. The highest BCUT2D eigenvalue weighted by molar-refractivity contribution is 5.88. The number of carbonyl (C=O) groups is 2. The van der Waals surface area contributed by atoms with E-state index in [9.17, 15) is 19.8 Å². The van der Waals surface area contributed by atoms with E-state index < -0.39 is 11.5 Å². The SMILES string of the molecule is O=C(Cc1ccc(O)cc1)NC1(C(=O)O)CCCCCC1. The molecule has 0 unspecified atom stereocenters. The minimum atomic E-state index is -1.12. The molecule has 1 aliphatic rings. The first-order valence-electron chi connectivity index (χ1n) is 7.34. The van der Waals surface area contributed by atoms with Crippen molar-refractivity contribution in [2.75, 3.05) is 0 Å². The number of amides is 1. The lowest BCUT2D eigenvalue weighted by atomic mass is 9.90. The van der Waals surface area contributed by atoms with E-state index in [0.717, 1.165) is 31.2 Å². The highest BCUT2D eigenvalue weighted by Crippen LogP contribution is 2.27. The van der Waals surface area contributed by atoms with Gasteiger partial charge in [-0.1, -0.05) is 37.8 Å². The van der Waals surface area contributed by atoms with Crippen molar-refractivity contribution in [1.29, 1.82) is 0 Å². The zero-order chi connectivity index (χ0) is 15.3. The van der Waals surface area contributed by atoms with Gasteiger partial charge in [-0.2, -0.15) is 0 Å². The van der Waals surface area contributed by atoms with Crippen molar-refractivity contribution >= 4 is 11.9 Å². The molecule has 1 fully saturated rings. The Bertz CT molecular complexity index is 502. The van der Waals surface area contributed by atoms with Crippen molar-refractivity contribution in [2.45, 2.75) is 50.5 Å². The van der Waals surface area contributed by atoms with Crippen LogP contribution in [0.15, 0.2) is 24.3 Å². The van der Waals surface area contributed by atoms with Crippen LogP contribution in [0, 0.1) is 0 Å². The maximum Gasteiger partial charge on any atom is 0.329 e. The summed E-state index contributed by atoms with van der Waals surface area (Å²) in [6, 6.07) is 6.35. The summed E-state index contributed by atoms with van der Waals surface area (Å²) in [5.74, 6) is -1.08. The lowest BCUT2D eigenvalue weighted by Crippen LogP contribution is -2.54. The minimum absolute atomic E-state index is 0.120. The number of hydrogen-bond donors (Lipinski definition) is 3. The summed E-state index contributed by atoms with van der Waals surface area (Å²) in [6.07, 6.45) is 4.78. The average molecular weight is 291 g/mol. The van der Waals surface area contributed by atoms with Crippen LogP contribution in [0.25, 0.3) is 0 Å². The predicted molar refractivity (Wildman–Crippen MR) is 78.0 cm³/mol. The third kappa shape index (κ3) is 3.97. The Kier molecular flexibility index (Phi) is 4.83. The van der Waals surface area contributed by atoms with Crippen LogP contribution in [-0.2, 0) is 16.0 Å². The van der Waals surface area contributed by atoms with Gasteiger partial charge >= 0.3 is 5.97 Å². The van der Waals surface area contributed by atoms with Crippen molar-refractivity contribution in [2.24, 2.45) is 0 Å². The quantitative estimate of drug-likeness (QED) is 0.742. The molecule has 0 aliphatic heterocycles. The molecule has 21 heavy (non-hydrogen) atoms. The summed E-state index contributed by atoms with van der Waals surface area (Å²) in [7, 11) is 0. The topological polar surface area (TPSA) is 86.6 Å². The van der Waals surface area contributed by atoms with Crippen LogP contribution in [0.4, 0.5) is 0 Å². The molecule has 2 rings (SSSR count). The summed E-state index contributed by atoms with van der Waals surface area (Å²) in [6.45, 7) is 0. The number of aromatic hydroxyl groups is 1. The summed E-state index contributed by atoms with van der Waals surface area (Å²) in [5, 5.41) is 21.5. The van der Waals surface area contributed by atoms with E-state index in [0.29, 0.717) is 12.8 Å². The van der Waals surface area contributed by atoms with E-state index in [4.69, 9.17) is 0 Å². The van der Waals surface area contributed by atoms with Crippen molar-refractivity contribution in [1.82, 2.24) is 5.32 Å². The molecule has 0 atom stereocenters. The maximum atomic E-state index is 12.2. The monoisotopic (exact) mass is 291 g/mol. The maximum absolute atomic E-state index is 12.2. The Hall–Kier alpha value is -2.04. The highest BCUT2D eigenvalue weighted by Gasteiger charge is 2.39. The van der Waals surface area contributed by atoms with E-state index >= 15 is 0 Å². The van der Waals surface area contributed by atoms with Crippen molar-refractivity contribution in [3.05, 3.63) is 29.8 Å². The summed E-state index contributed by atoms with van der Waals surface area (Å²) < 4.78 is 0. The first-order chi connectivity index (χ1) is 10.0. The lowest BCUT2D eigenvalue weighted by molar-refractivity contribution is -0.148. The number of phenolic OH excluding ortho intramolecular Hbond substituents is 1. The number of hydrogen-bond acceptors (Lipinski definition) is 3. The van der Waals surface area contributed by atoms with Gasteiger partial charge in [0.1, 0.15) is 11.3 Å². The molecule has 0 bridgehead atoms. The van der Waals surface area contributed by atoms with Gasteiger partial charge in [-0.15, -0.1) is 0 Å². The summed E-state index contributed by atoms with van der Waals surface area (Å²) >= 11 is 0. The third-order valence-electron chi connectivity index (χ3n) is 4.05. The largest absolute Gasteiger partial charge is 0.508 e. The first-order valence-corrected chi connectivity index (χ1v) is 7.34. The molecule has 1 aliphatic carbocycles. The molecule has 114 valence electrons. The molecule has 0 spiro atoms. The number of benzene rings is 1. The molecule has 0 radical (unpaired) electrons. The number of carbonyl (C=O) groups excluding carboxylic acids is 1. The van der Waals surface area contributed by atoms with Crippen molar-refractivity contribution in [3.63, 3.8) is 0 Å². The fourth-order valence-electron chi connectivity index (χ4n) is 2.83. The number of rotatable bonds is 4. The minimum Gasteiger partial charge on any atom is -0.508 e. The highest BCUT2D eigenvalue weighted by atomic mass is 16.4. The van der Waals surface area contributed by atoms with Gasteiger partial charge in [-0.05, 0) is 30.5 Å². The van der Waals surface area contributed by atoms with Gasteiger partial charge in [-0.25, -0.2) is 4.79 Å². The fourth-order valence-corrected chi connectivity index (χ4v) is 2.83. The third-order valence-corrected chi connectivity index (χ3v) is 4.05. The Morgan fingerprint density at radius 3 is 2.14 bits per heavy atom. The van der Waals surface area contributed by atoms with Crippen molar-refractivity contribution < 1.29 is 19.8 Å². The van der Waals surface area contributed by atoms with Gasteiger partial charge in [0, 0.05) is 0 Å². The molecular weight excluding hydrogens is 270 g/mol. The molecule has 1 saturated carbocycles. The number of nitrogens with one attached hydrogen (secondary N) is 1. The molecule has 0 saturated heterocycles. The lowest BCUT2D eigenvalue weighted by Gasteiger charge is -2.29. The average Bonchev–Trinajstić information content (AvgIpc) is 2.68. The van der Waals surface area contributed by atoms with Gasteiger partial charge in [-0.3, -0.25) is 4.79 Å². The normalized spacial score (nSPS) is 17.7. The predicted octanol–water partition coefficient (Wildman–Crippen LogP) is 2.23. The zero-order valence-corrected chi connectivity index (χ0v) is 12.0. The van der Waals surface area contributed by atoms with E-state index in [1.54, 1.807) is 12.1 Å². The van der Waals surface area contributed by atoms with Crippen LogP contribution in [0.1, 0.15) is 44.1 Å². The molecular formula is C16H21NO4. The number of phenols is 1. The van der Waals surface area contributed by atoms with Gasteiger partial charge in [0.15, 0.2) is 0 Å². The molecule has 0 aromatic heterocycles. The van der Waals surface area contributed by atoms with Gasteiger partial charge in [0.2, 0.25) is 5.91 Å². The second-order valence-corrected chi connectivity index (χ2v) is 5.69. The summed E-state index contributed by atoms with van der Waals surface area (Å²) in [5.41, 5.74) is -0.371. The molecule has 1 aromatic rings. The standard InChI is InChI=1S/C16H21NO4/c18-13-7-5-12(6-8-13)11-14(19)17-16(15(20)21)9-3-1-2-4-10-16/h5-8,18H,1-4,9-11H2,(H,17,19)(H,20,21). The van der Waals surface area contributed by atoms with Crippen LogP contribution in [-0.4, -0.2) is 27.6 Å². The van der Waals surface area contributed by atoms with Gasteiger partial charge < -0.3 is 15.5 Å². The number of carboxylic acids is 1.